The number of hydrogen-bond acceptors (Lipinski definition) is 3. The maximum atomic E-state index is 14.1. The van der Waals surface area contributed by atoms with Crippen molar-refractivity contribution < 1.29 is 9.18 Å². The molecule has 0 aliphatic rings. The van der Waals surface area contributed by atoms with E-state index < -0.39 is 0 Å². The van der Waals surface area contributed by atoms with Gasteiger partial charge in [-0.1, -0.05) is 12.1 Å². The molecular formula is C15H16FNOS. The highest BCUT2D eigenvalue weighted by Crippen LogP contribution is 2.27. The predicted molar refractivity (Wildman–Crippen MR) is 77.4 cm³/mol. The van der Waals surface area contributed by atoms with Gasteiger partial charge in [-0.05, 0) is 37.4 Å². The lowest BCUT2D eigenvalue weighted by atomic mass is 10.1. The highest BCUT2D eigenvalue weighted by atomic mass is 32.1. The monoisotopic (exact) mass is 277 g/mol. The molecule has 0 aliphatic carbocycles. The zero-order chi connectivity index (χ0) is 13.8. The Kier molecular flexibility index (Phi) is 4.32. The van der Waals surface area contributed by atoms with Gasteiger partial charge in [-0.3, -0.25) is 4.79 Å². The molecule has 0 amide bonds. The molecule has 2 nitrogen and oxygen atoms in total. The van der Waals surface area contributed by atoms with E-state index in [2.05, 4.69) is 0 Å². The van der Waals surface area contributed by atoms with Crippen LogP contribution >= 0.6 is 11.3 Å². The minimum atomic E-state index is -0.342. The molecule has 2 aromatic rings. The van der Waals surface area contributed by atoms with Crippen molar-refractivity contribution in [3.63, 3.8) is 0 Å². The summed E-state index contributed by atoms with van der Waals surface area (Å²) in [4.78, 5) is 14.7. The summed E-state index contributed by atoms with van der Waals surface area (Å²) >= 11 is 1.63. The molecule has 100 valence electrons. The van der Waals surface area contributed by atoms with Crippen LogP contribution < -0.4 is 4.90 Å². The fraction of sp³-hybridized carbons (Fsp3) is 0.267. The molecular weight excluding hydrogens is 261 g/mol. The van der Waals surface area contributed by atoms with Gasteiger partial charge in [0.25, 0.3) is 0 Å². The summed E-state index contributed by atoms with van der Waals surface area (Å²) in [5.41, 5.74) is 0.851. The van der Waals surface area contributed by atoms with E-state index in [1.54, 1.807) is 23.5 Å². The number of rotatable bonds is 5. The average Bonchev–Trinajstić information content (AvgIpc) is 2.89. The fourth-order valence-corrected chi connectivity index (χ4v) is 2.78. The smallest absolute Gasteiger partial charge is 0.161 e. The van der Waals surface area contributed by atoms with Crippen LogP contribution in [0.1, 0.15) is 29.1 Å². The summed E-state index contributed by atoms with van der Waals surface area (Å²) in [7, 11) is 0. The Bertz CT molecular complexity index is 566. The molecule has 0 bridgehead atoms. The van der Waals surface area contributed by atoms with Gasteiger partial charge in [0.15, 0.2) is 5.78 Å². The van der Waals surface area contributed by atoms with Crippen molar-refractivity contribution in [2.24, 2.45) is 0 Å². The van der Waals surface area contributed by atoms with Crippen LogP contribution in [0.4, 0.5) is 10.1 Å². The van der Waals surface area contributed by atoms with Crippen LogP contribution in [0, 0.1) is 5.82 Å². The highest BCUT2D eigenvalue weighted by Gasteiger charge is 2.17. The maximum absolute atomic E-state index is 14.1. The summed E-state index contributed by atoms with van der Waals surface area (Å²) in [6.07, 6.45) is 0. The summed E-state index contributed by atoms with van der Waals surface area (Å²) in [6, 6.07) is 8.65. The number of carbonyl (C=O) groups is 1. The minimum Gasteiger partial charge on any atom is -0.364 e. The van der Waals surface area contributed by atoms with E-state index in [4.69, 9.17) is 0 Å². The van der Waals surface area contributed by atoms with Gasteiger partial charge >= 0.3 is 0 Å². The Balaban J connectivity index is 2.40. The molecule has 0 spiro atoms. The van der Waals surface area contributed by atoms with E-state index in [1.807, 2.05) is 29.3 Å². The number of carbonyl (C=O) groups excluding carboxylic acids is 1. The van der Waals surface area contributed by atoms with Crippen molar-refractivity contribution in [1.82, 2.24) is 0 Å². The number of para-hydroxylation sites is 1. The van der Waals surface area contributed by atoms with Crippen molar-refractivity contribution in [1.29, 1.82) is 0 Å². The molecule has 1 aromatic carbocycles. The molecule has 0 unspecified atom stereocenters. The van der Waals surface area contributed by atoms with E-state index in [9.17, 15) is 9.18 Å². The molecule has 0 aliphatic heterocycles. The Morgan fingerprint density at radius 1 is 1.32 bits per heavy atom. The summed E-state index contributed by atoms with van der Waals surface area (Å²) in [5.74, 6) is -0.453. The number of anilines is 1. The van der Waals surface area contributed by atoms with Gasteiger partial charge in [-0.15, -0.1) is 11.3 Å². The normalized spacial score (nSPS) is 10.5. The van der Waals surface area contributed by atoms with E-state index in [1.165, 1.54) is 13.0 Å². The van der Waals surface area contributed by atoms with Crippen LogP contribution in [0.2, 0.25) is 0 Å². The van der Waals surface area contributed by atoms with E-state index in [-0.39, 0.29) is 11.6 Å². The molecule has 19 heavy (non-hydrogen) atoms. The lowest BCUT2D eigenvalue weighted by molar-refractivity contribution is 0.101. The second-order valence-corrected chi connectivity index (χ2v) is 5.32. The predicted octanol–water partition coefficient (Wildman–Crippen LogP) is 4.12. The second kappa shape index (κ2) is 5.97. The number of hydrogen-bond donors (Lipinski definition) is 0. The number of nitrogens with zero attached hydrogens (tertiary/aromatic N) is 1. The van der Waals surface area contributed by atoms with Crippen molar-refractivity contribution in [2.75, 3.05) is 11.4 Å². The lowest BCUT2D eigenvalue weighted by Gasteiger charge is -2.25. The van der Waals surface area contributed by atoms with Gasteiger partial charge < -0.3 is 4.90 Å². The van der Waals surface area contributed by atoms with Gasteiger partial charge in [0.1, 0.15) is 5.82 Å². The Labute approximate surface area is 116 Å². The van der Waals surface area contributed by atoms with Gasteiger partial charge in [-0.2, -0.15) is 0 Å². The molecule has 0 radical (unpaired) electrons. The molecule has 1 aromatic heterocycles. The first-order chi connectivity index (χ1) is 9.13. The maximum Gasteiger partial charge on any atom is 0.161 e. The third-order valence-electron chi connectivity index (χ3n) is 2.99. The standard InChI is InChI=1S/C15H16FNOS/c1-3-17(10-12-6-5-9-19-12)15-13(11(2)18)7-4-8-14(15)16/h4-9H,3,10H2,1-2H3. The Morgan fingerprint density at radius 3 is 2.68 bits per heavy atom. The van der Waals surface area contributed by atoms with Gasteiger partial charge in [-0.25, -0.2) is 4.39 Å². The Morgan fingerprint density at radius 2 is 2.11 bits per heavy atom. The Hall–Kier alpha value is -1.68. The molecule has 0 fully saturated rings. The van der Waals surface area contributed by atoms with Gasteiger partial charge in [0, 0.05) is 17.0 Å². The first-order valence-corrected chi connectivity index (χ1v) is 7.08. The van der Waals surface area contributed by atoms with Crippen molar-refractivity contribution in [3.05, 3.63) is 52.0 Å². The highest BCUT2D eigenvalue weighted by molar-refractivity contribution is 7.09. The van der Waals surface area contributed by atoms with E-state index >= 15 is 0 Å². The van der Waals surface area contributed by atoms with Crippen LogP contribution in [0.25, 0.3) is 0 Å². The first kappa shape index (κ1) is 13.7. The third-order valence-corrected chi connectivity index (χ3v) is 3.85. The molecule has 0 N–H and O–H groups in total. The van der Waals surface area contributed by atoms with Crippen LogP contribution in [-0.4, -0.2) is 12.3 Å². The number of halogens is 1. The first-order valence-electron chi connectivity index (χ1n) is 6.20. The van der Waals surface area contributed by atoms with E-state index in [0.717, 1.165) is 4.88 Å². The SMILES string of the molecule is CCN(Cc1cccs1)c1c(F)cccc1C(C)=O. The fourth-order valence-electron chi connectivity index (χ4n) is 2.06. The zero-order valence-corrected chi connectivity index (χ0v) is 11.8. The van der Waals surface area contributed by atoms with Crippen molar-refractivity contribution in [2.45, 2.75) is 20.4 Å². The van der Waals surface area contributed by atoms with Crippen LogP contribution in [0.15, 0.2) is 35.7 Å². The minimum absolute atomic E-state index is 0.112. The van der Waals surface area contributed by atoms with Crippen molar-refractivity contribution >= 4 is 22.8 Å². The molecule has 4 heteroatoms. The number of ketones is 1. The van der Waals surface area contributed by atoms with Crippen molar-refractivity contribution in [3.8, 4) is 0 Å². The number of thiophene rings is 1. The zero-order valence-electron chi connectivity index (χ0n) is 11.0. The lowest BCUT2D eigenvalue weighted by Crippen LogP contribution is -2.24. The summed E-state index contributed by atoms with van der Waals surface area (Å²) in [6.45, 7) is 4.70. The number of benzene rings is 1. The summed E-state index contributed by atoms with van der Waals surface area (Å²) < 4.78 is 14.1. The molecule has 0 saturated carbocycles. The van der Waals surface area contributed by atoms with Crippen LogP contribution in [-0.2, 0) is 6.54 Å². The second-order valence-electron chi connectivity index (χ2n) is 4.29. The van der Waals surface area contributed by atoms with Gasteiger partial charge in [0.2, 0.25) is 0 Å². The van der Waals surface area contributed by atoms with Crippen LogP contribution in [0.5, 0.6) is 0 Å². The molecule has 2 rings (SSSR count). The molecule has 0 saturated heterocycles. The number of Topliss-reactive ketones (excluding diaryl/α,β-unsaturated/α-hetero) is 1. The third kappa shape index (κ3) is 3.01. The average molecular weight is 277 g/mol. The van der Waals surface area contributed by atoms with E-state index in [0.29, 0.717) is 24.3 Å². The van der Waals surface area contributed by atoms with Crippen LogP contribution in [0.3, 0.4) is 0 Å². The topological polar surface area (TPSA) is 20.3 Å². The summed E-state index contributed by atoms with van der Waals surface area (Å²) in [5, 5.41) is 2.00. The molecule has 0 atom stereocenters. The molecule has 1 heterocycles. The largest absolute Gasteiger partial charge is 0.364 e. The quantitative estimate of drug-likeness (QED) is 0.766. The van der Waals surface area contributed by atoms with Gasteiger partial charge in [0.05, 0.1) is 12.2 Å².